The third-order valence-electron chi connectivity index (χ3n) is 6.31. The Morgan fingerprint density at radius 1 is 1.03 bits per heavy atom. The van der Waals surface area contributed by atoms with Crippen LogP contribution >= 0.6 is 11.3 Å². The Kier molecular flexibility index (Phi) is 8.02. The van der Waals surface area contributed by atoms with Gasteiger partial charge in [-0.25, -0.2) is 4.79 Å². The van der Waals surface area contributed by atoms with Crippen LogP contribution in [-0.2, 0) is 14.3 Å². The van der Waals surface area contributed by atoms with E-state index in [-0.39, 0.29) is 23.2 Å². The van der Waals surface area contributed by atoms with Crippen LogP contribution in [-0.4, -0.2) is 36.5 Å². The van der Waals surface area contributed by atoms with Crippen LogP contribution in [0.25, 0.3) is 5.76 Å². The molecule has 7 nitrogen and oxygen atoms in total. The summed E-state index contributed by atoms with van der Waals surface area (Å²) < 4.78 is 10.7. The van der Waals surface area contributed by atoms with Crippen LogP contribution < -0.4 is 9.64 Å². The van der Waals surface area contributed by atoms with Crippen LogP contribution in [0.1, 0.15) is 66.0 Å². The molecule has 3 aromatic rings. The van der Waals surface area contributed by atoms with Gasteiger partial charge in [-0.3, -0.25) is 14.5 Å². The average Bonchev–Trinajstić information content (AvgIpc) is 3.53. The van der Waals surface area contributed by atoms with Gasteiger partial charge in [-0.05, 0) is 71.3 Å². The normalized spacial score (nSPS) is 16.9. The molecule has 2 aromatic carbocycles. The summed E-state index contributed by atoms with van der Waals surface area (Å²) in [6, 6.07) is 14.4. The van der Waals surface area contributed by atoms with Crippen molar-refractivity contribution >= 4 is 40.4 Å². The van der Waals surface area contributed by atoms with Crippen molar-refractivity contribution in [3.8, 4) is 5.75 Å². The lowest BCUT2D eigenvalue weighted by atomic mass is 9.95. The summed E-state index contributed by atoms with van der Waals surface area (Å²) in [6.07, 6.45) is 0. The number of rotatable bonds is 8. The van der Waals surface area contributed by atoms with Crippen molar-refractivity contribution in [2.24, 2.45) is 5.92 Å². The number of Topliss-reactive ketones (excluding diaryl/α,β-unsaturated/α-hetero) is 1. The molecule has 0 aliphatic carbocycles. The first-order valence-electron chi connectivity index (χ1n) is 12.4. The van der Waals surface area contributed by atoms with Crippen molar-refractivity contribution in [1.29, 1.82) is 0 Å². The van der Waals surface area contributed by atoms with E-state index in [1.54, 1.807) is 49.6 Å². The molecule has 4 rings (SSSR count). The molecular formula is C30H31NO6S. The number of aliphatic hydroxyl groups excluding tert-OH is 1. The van der Waals surface area contributed by atoms with E-state index in [1.165, 1.54) is 16.2 Å². The fraction of sp³-hybridized carbons (Fsp3) is 0.300. The lowest BCUT2D eigenvalue weighted by Crippen LogP contribution is -2.29. The number of ketones is 1. The maximum absolute atomic E-state index is 13.4. The van der Waals surface area contributed by atoms with E-state index in [0.717, 1.165) is 10.4 Å². The van der Waals surface area contributed by atoms with Gasteiger partial charge >= 0.3 is 5.97 Å². The fourth-order valence-electron chi connectivity index (χ4n) is 4.39. The summed E-state index contributed by atoms with van der Waals surface area (Å²) in [4.78, 5) is 41.2. The summed E-state index contributed by atoms with van der Waals surface area (Å²) in [6.45, 7) is 8.22. The van der Waals surface area contributed by atoms with E-state index in [4.69, 9.17) is 9.47 Å². The van der Waals surface area contributed by atoms with Gasteiger partial charge in [0, 0.05) is 16.1 Å². The van der Waals surface area contributed by atoms with Gasteiger partial charge in [0.25, 0.3) is 11.7 Å². The molecule has 1 atom stereocenters. The molecule has 198 valence electrons. The van der Waals surface area contributed by atoms with Crippen LogP contribution in [0.15, 0.2) is 65.6 Å². The third kappa shape index (κ3) is 5.22. The number of methoxy groups -OCH3 is 1. The van der Waals surface area contributed by atoms with Crippen LogP contribution in [0.4, 0.5) is 5.69 Å². The molecule has 1 aromatic heterocycles. The molecule has 1 aliphatic heterocycles. The van der Waals surface area contributed by atoms with E-state index in [1.807, 2.05) is 45.2 Å². The lowest BCUT2D eigenvalue weighted by molar-refractivity contribution is -0.132. The minimum atomic E-state index is -0.821. The highest BCUT2D eigenvalue weighted by atomic mass is 32.1. The zero-order chi connectivity index (χ0) is 27.6. The maximum atomic E-state index is 13.4. The number of anilines is 1. The number of hydrogen-bond donors (Lipinski definition) is 1. The standard InChI is InChI=1S/C30H31NO6S/c1-17(2)16-37-30(35)19-8-11-21(12-9-19)31-26(24-7-6-14-38-24)25(28(33)29(31)34)27(32)20-10-13-23(36-5)22(15-20)18(3)4/h6-15,17-18,26,32H,16H2,1-5H3/b27-25-. The molecule has 0 bridgehead atoms. The van der Waals surface area contributed by atoms with Crippen LogP contribution in [0, 0.1) is 5.92 Å². The molecule has 1 saturated heterocycles. The van der Waals surface area contributed by atoms with Gasteiger partial charge in [-0.1, -0.05) is 33.8 Å². The predicted molar refractivity (Wildman–Crippen MR) is 148 cm³/mol. The zero-order valence-corrected chi connectivity index (χ0v) is 22.9. The minimum absolute atomic E-state index is 0.0118. The topological polar surface area (TPSA) is 93.1 Å². The molecule has 38 heavy (non-hydrogen) atoms. The largest absolute Gasteiger partial charge is 0.507 e. The monoisotopic (exact) mass is 533 g/mol. The SMILES string of the molecule is COc1ccc(/C(O)=C2/C(=O)C(=O)N(c3ccc(C(=O)OCC(C)C)cc3)C2c2cccs2)cc1C(C)C. The lowest BCUT2D eigenvalue weighted by Gasteiger charge is -2.24. The number of nitrogens with zero attached hydrogens (tertiary/aromatic N) is 1. The van der Waals surface area contributed by atoms with Gasteiger partial charge in [-0.2, -0.15) is 0 Å². The summed E-state index contributed by atoms with van der Waals surface area (Å²) in [5, 5.41) is 13.3. The maximum Gasteiger partial charge on any atom is 0.338 e. The van der Waals surface area contributed by atoms with Crippen molar-refractivity contribution in [2.75, 3.05) is 18.6 Å². The Morgan fingerprint density at radius 3 is 2.29 bits per heavy atom. The quantitative estimate of drug-likeness (QED) is 0.158. The molecule has 1 N–H and O–H groups in total. The summed E-state index contributed by atoms with van der Waals surface area (Å²) in [7, 11) is 1.58. The molecule has 2 heterocycles. The van der Waals surface area contributed by atoms with Crippen LogP contribution in [0.5, 0.6) is 5.75 Å². The number of hydrogen-bond acceptors (Lipinski definition) is 7. The smallest absolute Gasteiger partial charge is 0.338 e. The van der Waals surface area contributed by atoms with Crippen LogP contribution in [0.3, 0.4) is 0 Å². The van der Waals surface area contributed by atoms with Gasteiger partial charge in [-0.15, -0.1) is 11.3 Å². The highest BCUT2D eigenvalue weighted by Gasteiger charge is 2.47. The molecule has 0 radical (unpaired) electrons. The number of thiophene rings is 1. The Hall–Kier alpha value is -3.91. The predicted octanol–water partition coefficient (Wildman–Crippen LogP) is 6.32. The third-order valence-corrected chi connectivity index (χ3v) is 7.24. The highest BCUT2D eigenvalue weighted by molar-refractivity contribution is 7.10. The van der Waals surface area contributed by atoms with Gasteiger partial charge in [0.15, 0.2) is 0 Å². The van der Waals surface area contributed by atoms with E-state index >= 15 is 0 Å². The number of carbonyl (C=O) groups excluding carboxylic acids is 3. The molecular weight excluding hydrogens is 502 g/mol. The van der Waals surface area contributed by atoms with Gasteiger partial charge in [0.05, 0.1) is 24.9 Å². The number of carbonyl (C=O) groups is 3. The van der Waals surface area contributed by atoms with Crippen molar-refractivity contribution in [1.82, 2.24) is 0 Å². The molecule has 1 amide bonds. The first kappa shape index (κ1) is 27.1. The zero-order valence-electron chi connectivity index (χ0n) is 22.1. The number of benzene rings is 2. The number of amides is 1. The van der Waals surface area contributed by atoms with Crippen molar-refractivity contribution in [3.63, 3.8) is 0 Å². The first-order valence-corrected chi connectivity index (χ1v) is 13.3. The molecule has 0 spiro atoms. The molecule has 8 heteroatoms. The molecule has 0 saturated carbocycles. The molecule has 1 unspecified atom stereocenters. The van der Waals surface area contributed by atoms with Crippen molar-refractivity contribution < 1.29 is 29.0 Å². The second-order valence-electron chi connectivity index (χ2n) is 9.84. The van der Waals surface area contributed by atoms with E-state index < -0.39 is 23.7 Å². The van der Waals surface area contributed by atoms with Crippen molar-refractivity contribution in [2.45, 2.75) is 39.7 Å². The van der Waals surface area contributed by atoms with Crippen LogP contribution in [0.2, 0.25) is 0 Å². The van der Waals surface area contributed by atoms with Gasteiger partial charge in [0.2, 0.25) is 0 Å². The Balaban J connectivity index is 1.78. The number of esters is 1. The van der Waals surface area contributed by atoms with E-state index in [9.17, 15) is 19.5 Å². The summed E-state index contributed by atoms with van der Waals surface area (Å²) in [5.74, 6) is -1.23. The number of ether oxygens (including phenoxy) is 2. The first-order chi connectivity index (χ1) is 18.1. The van der Waals surface area contributed by atoms with Gasteiger partial charge < -0.3 is 14.6 Å². The molecule has 1 aliphatic rings. The Labute approximate surface area is 226 Å². The van der Waals surface area contributed by atoms with Crippen molar-refractivity contribution in [3.05, 3.63) is 87.1 Å². The molecule has 1 fully saturated rings. The second-order valence-corrected chi connectivity index (χ2v) is 10.8. The summed E-state index contributed by atoms with van der Waals surface area (Å²) >= 11 is 1.38. The summed E-state index contributed by atoms with van der Waals surface area (Å²) in [5.41, 5.74) is 2.09. The second kappa shape index (κ2) is 11.2. The number of aliphatic hydroxyl groups is 1. The average molecular weight is 534 g/mol. The van der Waals surface area contributed by atoms with E-state index in [2.05, 4.69) is 0 Å². The highest BCUT2D eigenvalue weighted by Crippen LogP contribution is 2.44. The fourth-order valence-corrected chi connectivity index (χ4v) is 5.21. The van der Waals surface area contributed by atoms with Gasteiger partial charge in [0.1, 0.15) is 17.6 Å². The minimum Gasteiger partial charge on any atom is -0.507 e. The van der Waals surface area contributed by atoms with E-state index in [0.29, 0.717) is 29.2 Å². The Bertz CT molecular complexity index is 1370. The Morgan fingerprint density at radius 2 is 1.71 bits per heavy atom.